The van der Waals surface area contributed by atoms with Crippen LogP contribution in [0.3, 0.4) is 0 Å². The molecule has 4 nitrogen and oxygen atoms in total. The van der Waals surface area contributed by atoms with Crippen LogP contribution < -0.4 is 5.46 Å². The van der Waals surface area contributed by atoms with E-state index >= 15 is 0 Å². The maximum Gasteiger partial charge on any atom is 0.488 e. The van der Waals surface area contributed by atoms with E-state index in [9.17, 15) is 0 Å². The minimum absolute atomic E-state index is 0.525. The molecule has 4 N–H and O–H groups in total. The van der Waals surface area contributed by atoms with Gasteiger partial charge in [-0.2, -0.15) is 0 Å². The predicted octanol–water partition coefficient (Wildman–Crippen LogP) is -0.105. The van der Waals surface area contributed by atoms with Gasteiger partial charge in [0.05, 0.1) is 11.2 Å². The van der Waals surface area contributed by atoms with Crippen molar-refractivity contribution in [3.63, 3.8) is 0 Å². The summed E-state index contributed by atoms with van der Waals surface area (Å²) in [5.74, 6) is 0. The highest BCUT2D eigenvalue weighted by Crippen LogP contribution is 2.19. The molecule has 0 unspecified atom stereocenters. The monoisotopic (exact) mass is 240 g/mol. The third-order valence-corrected chi connectivity index (χ3v) is 2.59. The molecule has 0 aliphatic rings. The van der Waals surface area contributed by atoms with Gasteiger partial charge in [0.2, 0.25) is 0 Å². The molecule has 0 aromatic heterocycles. The Balaban J connectivity index is 0.000000304. The molecule has 0 radical (unpaired) electrons. The van der Waals surface area contributed by atoms with Crippen molar-refractivity contribution in [2.45, 2.75) is 38.9 Å². The number of benzene rings is 1. The van der Waals surface area contributed by atoms with Crippen molar-refractivity contribution in [2.75, 3.05) is 0 Å². The van der Waals surface area contributed by atoms with Crippen molar-refractivity contribution in [1.82, 2.24) is 0 Å². The Morgan fingerprint density at radius 3 is 1.35 bits per heavy atom. The quantitative estimate of drug-likeness (QED) is 0.544. The first-order valence-corrected chi connectivity index (χ1v) is 5.41. The second kappa shape index (κ2) is 6.16. The van der Waals surface area contributed by atoms with E-state index in [0.29, 0.717) is 5.46 Å². The molecule has 0 aliphatic heterocycles. The lowest BCUT2D eigenvalue weighted by molar-refractivity contribution is -0.107. The Kier molecular flexibility index (Phi) is 5.85. The van der Waals surface area contributed by atoms with Gasteiger partial charge in [0, 0.05) is 0 Å². The molecule has 1 rings (SSSR count). The van der Waals surface area contributed by atoms with Gasteiger partial charge < -0.3 is 20.3 Å². The Morgan fingerprint density at radius 1 is 0.824 bits per heavy atom. The summed E-state index contributed by atoms with van der Waals surface area (Å²) in [7, 11) is -1.34. The van der Waals surface area contributed by atoms with Crippen molar-refractivity contribution < 1.29 is 20.3 Å². The highest BCUT2D eigenvalue weighted by molar-refractivity contribution is 6.58. The Hall–Kier alpha value is -0.875. The molecule has 5 heteroatoms. The average Bonchev–Trinajstić information content (AvgIpc) is 2.17. The molecule has 0 fully saturated rings. The number of hydrogen-bond donors (Lipinski definition) is 4. The van der Waals surface area contributed by atoms with Crippen molar-refractivity contribution in [3.8, 4) is 0 Å². The van der Waals surface area contributed by atoms with E-state index in [1.807, 2.05) is 6.07 Å². The predicted molar refractivity (Wildman–Crippen MR) is 68.9 cm³/mol. The van der Waals surface area contributed by atoms with Crippen LogP contribution in [0.1, 0.15) is 27.7 Å². The molecular weight excluding hydrogens is 219 g/mol. The molecule has 96 valence electrons. The van der Waals surface area contributed by atoms with Gasteiger partial charge >= 0.3 is 7.12 Å². The van der Waals surface area contributed by atoms with Crippen LogP contribution in [0, 0.1) is 0 Å². The molecule has 17 heavy (non-hydrogen) atoms. The highest BCUT2D eigenvalue weighted by Gasteiger charge is 2.31. The van der Waals surface area contributed by atoms with Gasteiger partial charge in [-0.25, -0.2) is 0 Å². The Labute approximate surface area is 103 Å². The zero-order valence-electron chi connectivity index (χ0n) is 10.8. The lowest BCUT2D eigenvalue weighted by Crippen LogP contribution is -2.44. The maximum atomic E-state index is 9.10. The molecular formula is C12H21BO4. The number of hydrogen-bond acceptors (Lipinski definition) is 4. The lowest BCUT2D eigenvalue weighted by Gasteiger charge is -2.31. The summed E-state index contributed by atoms with van der Waals surface area (Å²) in [6, 6.07) is 8.66. The molecule has 0 saturated heterocycles. The molecule has 0 saturated carbocycles. The zero-order valence-corrected chi connectivity index (χ0v) is 10.8. The summed E-state index contributed by atoms with van der Waals surface area (Å²) < 4.78 is 0. The van der Waals surface area contributed by atoms with E-state index in [4.69, 9.17) is 20.3 Å². The molecule has 1 aromatic rings. The number of rotatable bonds is 2. The maximum absolute atomic E-state index is 9.10. The van der Waals surface area contributed by atoms with E-state index < -0.39 is 18.3 Å². The fraction of sp³-hybridized carbons (Fsp3) is 0.500. The first-order chi connectivity index (χ1) is 7.55. The molecule has 0 bridgehead atoms. The number of aliphatic hydroxyl groups is 2. The smallest absolute Gasteiger partial charge is 0.423 e. The molecule has 0 heterocycles. The minimum atomic E-state index is -1.34. The molecule has 0 spiro atoms. The van der Waals surface area contributed by atoms with Crippen LogP contribution >= 0.6 is 0 Å². The Morgan fingerprint density at radius 2 is 1.18 bits per heavy atom. The SMILES string of the molecule is CC(C)(O)C(C)(C)O.OB(O)c1ccccc1. The molecule has 0 atom stereocenters. The molecule has 0 aliphatic carbocycles. The first-order valence-electron chi connectivity index (χ1n) is 5.41. The minimum Gasteiger partial charge on any atom is -0.423 e. The van der Waals surface area contributed by atoms with Gasteiger partial charge in [0.25, 0.3) is 0 Å². The van der Waals surface area contributed by atoms with Crippen molar-refractivity contribution >= 4 is 12.6 Å². The third-order valence-electron chi connectivity index (χ3n) is 2.59. The summed E-state index contributed by atoms with van der Waals surface area (Å²) >= 11 is 0. The second-order valence-electron chi connectivity index (χ2n) is 4.90. The summed E-state index contributed by atoms with van der Waals surface area (Å²) in [5, 5.41) is 35.4. The summed E-state index contributed by atoms with van der Waals surface area (Å²) in [6.07, 6.45) is 0. The zero-order chi connectivity index (χ0) is 13.7. The van der Waals surface area contributed by atoms with Crippen LogP contribution in [0.4, 0.5) is 0 Å². The van der Waals surface area contributed by atoms with Gasteiger partial charge in [-0.15, -0.1) is 0 Å². The summed E-state index contributed by atoms with van der Waals surface area (Å²) in [4.78, 5) is 0. The highest BCUT2D eigenvalue weighted by atomic mass is 16.4. The normalized spacial score (nSPS) is 11.5. The van der Waals surface area contributed by atoms with E-state index in [1.165, 1.54) is 0 Å². The van der Waals surface area contributed by atoms with Crippen LogP contribution in [0.15, 0.2) is 30.3 Å². The van der Waals surface area contributed by atoms with Gasteiger partial charge in [0.1, 0.15) is 0 Å². The van der Waals surface area contributed by atoms with Gasteiger partial charge in [-0.05, 0) is 33.2 Å². The average molecular weight is 240 g/mol. The third kappa shape index (κ3) is 6.43. The van der Waals surface area contributed by atoms with Crippen molar-refractivity contribution in [3.05, 3.63) is 30.3 Å². The van der Waals surface area contributed by atoms with E-state index in [2.05, 4.69) is 0 Å². The van der Waals surface area contributed by atoms with Gasteiger partial charge in [0.15, 0.2) is 0 Å². The standard InChI is InChI=1S/C6H7BO2.C6H14O2/c8-7(9)6-4-2-1-3-5-6;1-5(2,7)6(3,4)8/h1-5,8-9H;7-8H,1-4H3. The van der Waals surface area contributed by atoms with Crippen LogP contribution in [0.5, 0.6) is 0 Å². The fourth-order valence-corrected chi connectivity index (χ4v) is 0.625. The summed E-state index contributed by atoms with van der Waals surface area (Å²) in [5.41, 5.74) is -1.49. The fourth-order valence-electron chi connectivity index (χ4n) is 0.625. The Bertz CT molecular complexity index is 300. The molecule has 1 aromatic carbocycles. The van der Waals surface area contributed by atoms with Gasteiger partial charge in [-0.3, -0.25) is 0 Å². The van der Waals surface area contributed by atoms with Crippen LogP contribution in [-0.2, 0) is 0 Å². The topological polar surface area (TPSA) is 80.9 Å². The largest absolute Gasteiger partial charge is 0.488 e. The lowest BCUT2D eigenvalue weighted by atomic mass is 9.81. The van der Waals surface area contributed by atoms with E-state index in [1.54, 1.807) is 52.0 Å². The van der Waals surface area contributed by atoms with Crippen molar-refractivity contribution in [2.24, 2.45) is 0 Å². The van der Waals surface area contributed by atoms with Crippen LogP contribution in [0.2, 0.25) is 0 Å². The second-order valence-corrected chi connectivity index (χ2v) is 4.90. The summed E-state index contributed by atoms with van der Waals surface area (Å²) in [6.45, 7) is 6.31. The van der Waals surface area contributed by atoms with Gasteiger partial charge in [-0.1, -0.05) is 30.3 Å². The first kappa shape index (κ1) is 16.1. The molecule has 0 amide bonds. The van der Waals surface area contributed by atoms with E-state index in [0.717, 1.165) is 0 Å². The van der Waals surface area contributed by atoms with Crippen LogP contribution in [-0.4, -0.2) is 38.6 Å². The van der Waals surface area contributed by atoms with E-state index in [-0.39, 0.29) is 0 Å². The van der Waals surface area contributed by atoms with Crippen LogP contribution in [0.25, 0.3) is 0 Å². The van der Waals surface area contributed by atoms with Crippen molar-refractivity contribution in [1.29, 1.82) is 0 Å².